The number of rotatable bonds is 2. The van der Waals surface area contributed by atoms with E-state index in [1.54, 1.807) is 4.90 Å². The van der Waals surface area contributed by atoms with Gasteiger partial charge in [-0.1, -0.05) is 12.2 Å². The first-order valence-electron chi connectivity index (χ1n) is 6.87. The largest absolute Gasteiger partial charge is 0.444 e. The summed E-state index contributed by atoms with van der Waals surface area (Å²) in [5.41, 5.74) is -0.488. The first kappa shape index (κ1) is 16.9. The molecule has 6 heteroatoms. The number of Topliss-reactive ketones (excluding diaryl/α,β-unsaturated/α-hetero) is 1. The average Bonchev–Trinajstić information content (AvgIpc) is 2.25. The lowest BCUT2D eigenvalue weighted by molar-refractivity contribution is -0.116. The molecule has 1 aliphatic heterocycles. The second kappa shape index (κ2) is 6.52. The van der Waals surface area contributed by atoms with E-state index in [0.717, 1.165) is 0 Å². The second-order valence-electron chi connectivity index (χ2n) is 6.24. The minimum Gasteiger partial charge on any atom is -0.444 e. The Bertz CT molecular complexity index is 404. The number of hydrogen-bond acceptors (Lipinski definition) is 4. The molecular formula is C14H24N2O3S. The van der Waals surface area contributed by atoms with E-state index in [0.29, 0.717) is 31.0 Å². The van der Waals surface area contributed by atoms with Gasteiger partial charge in [-0.3, -0.25) is 4.79 Å². The molecule has 1 atom stereocenters. The SMILES string of the molecule is CC(=O)CC(=S)N1CCN(C(=O)OC(C)(C)C)C(C)C1. The van der Waals surface area contributed by atoms with Crippen LogP contribution in [0.3, 0.4) is 0 Å². The molecule has 5 nitrogen and oxygen atoms in total. The van der Waals surface area contributed by atoms with E-state index in [-0.39, 0.29) is 17.9 Å². The Kier molecular flexibility index (Phi) is 5.50. The summed E-state index contributed by atoms with van der Waals surface area (Å²) in [6.45, 7) is 10.9. The standard InChI is InChI=1S/C14H24N2O3S/c1-10-9-15(12(20)8-11(2)17)6-7-16(10)13(18)19-14(3,4)5/h10H,6-9H2,1-5H3. The number of carbonyl (C=O) groups is 2. The van der Waals surface area contributed by atoms with E-state index in [1.807, 2.05) is 32.6 Å². The topological polar surface area (TPSA) is 49.9 Å². The van der Waals surface area contributed by atoms with Crippen LogP contribution in [-0.2, 0) is 9.53 Å². The molecule has 114 valence electrons. The van der Waals surface area contributed by atoms with Crippen molar-refractivity contribution in [3.05, 3.63) is 0 Å². The van der Waals surface area contributed by atoms with Gasteiger partial charge in [-0.15, -0.1) is 0 Å². The van der Waals surface area contributed by atoms with Crippen molar-refractivity contribution >= 4 is 29.1 Å². The molecule has 1 saturated heterocycles. The van der Waals surface area contributed by atoms with Crippen LogP contribution in [0.2, 0.25) is 0 Å². The van der Waals surface area contributed by atoms with Crippen LogP contribution in [0, 0.1) is 0 Å². The summed E-state index contributed by atoms with van der Waals surface area (Å²) >= 11 is 5.27. The van der Waals surface area contributed by atoms with Gasteiger partial charge in [0.15, 0.2) is 0 Å². The number of carbonyl (C=O) groups excluding carboxylic acids is 2. The van der Waals surface area contributed by atoms with Crippen LogP contribution >= 0.6 is 12.2 Å². The van der Waals surface area contributed by atoms with Gasteiger partial charge in [-0.2, -0.15) is 0 Å². The smallest absolute Gasteiger partial charge is 0.410 e. The first-order chi connectivity index (χ1) is 9.10. The Labute approximate surface area is 126 Å². The number of piperazine rings is 1. The fourth-order valence-electron chi connectivity index (χ4n) is 2.10. The predicted molar refractivity (Wildman–Crippen MR) is 81.9 cm³/mol. The zero-order chi connectivity index (χ0) is 15.5. The van der Waals surface area contributed by atoms with Crippen molar-refractivity contribution in [2.75, 3.05) is 19.6 Å². The lowest BCUT2D eigenvalue weighted by Crippen LogP contribution is -2.56. The van der Waals surface area contributed by atoms with Crippen LogP contribution in [0.25, 0.3) is 0 Å². The summed E-state index contributed by atoms with van der Waals surface area (Å²) < 4.78 is 5.39. The first-order valence-corrected chi connectivity index (χ1v) is 7.28. The van der Waals surface area contributed by atoms with Gasteiger partial charge >= 0.3 is 6.09 Å². The fraction of sp³-hybridized carbons (Fsp3) is 0.786. The van der Waals surface area contributed by atoms with Crippen LogP contribution in [0.15, 0.2) is 0 Å². The third-order valence-corrected chi connectivity index (χ3v) is 3.41. The molecule has 0 saturated carbocycles. The molecule has 0 aromatic carbocycles. The van der Waals surface area contributed by atoms with Gasteiger partial charge in [0.25, 0.3) is 0 Å². The Balaban J connectivity index is 2.57. The zero-order valence-corrected chi connectivity index (χ0v) is 13.7. The summed E-state index contributed by atoms with van der Waals surface area (Å²) in [4.78, 5) is 27.6. The van der Waals surface area contributed by atoms with E-state index in [2.05, 4.69) is 0 Å². The summed E-state index contributed by atoms with van der Waals surface area (Å²) in [5, 5.41) is 0. The Morgan fingerprint density at radius 2 is 1.90 bits per heavy atom. The molecule has 0 radical (unpaired) electrons. The maximum atomic E-state index is 12.1. The summed E-state index contributed by atoms with van der Waals surface area (Å²) in [5.74, 6) is 0.0669. The van der Waals surface area contributed by atoms with Crippen molar-refractivity contribution < 1.29 is 14.3 Å². The Morgan fingerprint density at radius 3 is 2.35 bits per heavy atom. The average molecular weight is 300 g/mol. The van der Waals surface area contributed by atoms with Crippen molar-refractivity contribution in [2.24, 2.45) is 0 Å². The van der Waals surface area contributed by atoms with E-state index >= 15 is 0 Å². The maximum Gasteiger partial charge on any atom is 0.410 e. The predicted octanol–water partition coefficient (Wildman–Crippen LogP) is 2.23. The fourth-order valence-corrected chi connectivity index (χ4v) is 2.47. The summed E-state index contributed by atoms with van der Waals surface area (Å²) in [7, 11) is 0. The van der Waals surface area contributed by atoms with Crippen molar-refractivity contribution in [1.82, 2.24) is 9.80 Å². The molecule has 1 unspecified atom stereocenters. The van der Waals surface area contributed by atoms with Gasteiger partial charge in [0.05, 0.1) is 11.4 Å². The van der Waals surface area contributed by atoms with E-state index < -0.39 is 5.60 Å². The second-order valence-corrected chi connectivity index (χ2v) is 6.71. The molecule has 0 aromatic rings. The highest BCUT2D eigenvalue weighted by Gasteiger charge is 2.31. The van der Waals surface area contributed by atoms with Crippen LogP contribution in [0.1, 0.15) is 41.0 Å². The van der Waals surface area contributed by atoms with E-state index in [9.17, 15) is 9.59 Å². The molecule has 20 heavy (non-hydrogen) atoms. The maximum absolute atomic E-state index is 12.1. The van der Waals surface area contributed by atoms with Gasteiger partial charge in [0.2, 0.25) is 0 Å². The number of amides is 1. The van der Waals surface area contributed by atoms with Gasteiger partial charge in [-0.25, -0.2) is 4.79 Å². The van der Waals surface area contributed by atoms with Gasteiger partial charge in [0, 0.05) is 25.7 Å². The zero-order valence-electron chi connectivity index (χ0n) is 12.9. The number of thiocarbonyl (C=S) groups is 1. The molecule has 1 heterocycles. The van der Waals surface area contributed by atoms with Crippen LogP contribution < -0.4 is 0 Å². The highest BCUT2D eigenvalue weighted by atomic mass is 32.1. The number of ether oxygens (including phenoxy) is 1. The molecule has 1 rings (SSSR count). The summed E-state index contributed by atoms with van der Waals surface area (Å²) in [6, 6.07) is 0.0171. The van der Waals surface area contributed by atoms with Crippen molar-refractivity contribution in [1.29, 1.82) is 0 Å². The molecule has 0 aromatic heterocycles. The minimum atomic E-state index is -0.488. The lowest BCUT2D eigenvalue weighted by Gasteiger charge is -2.41. The molecule has 0 bridgehead atoms. The van der Waals surface area contributed by atoms with Gasteiger partial charge in [-0.05, 0) is 34.6 Å². The lowest BCUT2D eigenvalue weighted by atomic mass is 10.1. The van der Waals surface area contributed by atoms with Crippen molar-refractivity contribution in [3.63, 3.8) is 0 Å². The van der Waals surface area contributed by atoms with Gasteiger partial charge in [0.1, 0.15) is 11.4 Å². The van der Waals surface area contributed by atoms with Crippen molar-refractivity contribution in [2.45, 2.75) is 52.7 Å². The summed E-state index contributed by atoms with van der Waals surface area (Å²) in [6.07, 6.45) is 0.0104. The van der Waals surface area contributed by atoms with Crippen molar-refractivity contribution in [3.8, 4) is 0 Å². The molecule has 0 spiro atoms. The highest BCUT2D eigenvalue weighted by molar-refractivity contribution is 7.80. The molecule has 0 N–H and O–H groups in total. The number of hydrogen-bond donors (Lipinski definition) is 0. The van der Waals surface area contributed by atoms with Crippen LogP contribution in [0.4, 0.5) is 4.79 Å². The quantitative estimate of drug-likeness (QED) is 0.732. The highest BCUT2D eigenvalue weighted by Crippen LogP contribution is 2.16. The van der Waals surface area contributed by atoms with E-state index in [4.69, 9.17) is 17.0 Å². The van der Waals surface area contributed by atoms with E-state index in [1.165, 1.54) is 6.92 Å². The number of ketones is 1. The van der Waals surface area contributed by atoms with Crippen LogP contribution in [0.5, 0.6) is 0 Å². The number of nitrogens with zero attached hydrogens (tertiary/aromatic N) is 2. The minimum absolute atomic E-state index is 0.0171. The monoisotopic (exact) mass is 300 g/mol. The third-order valence-electron chi connectivity index (χ3n) is 3.01. The molecule has 1 aliphatic rings. The molecule has 0 aliphatic carbocycles. The Hall–Kier alpha value is -1.17. The Morgan fingerprint density at radius 1 is 1.30 bits per heavy atom. The molecule has 1 fully saturated rings. The third kappa shape index (κ3) is 5.07. The van der Waals surface area contributed by atoms with Gasteiger partial charge < -0.3 is 14.5 Å². The normalized spacial score (nSPS) is 19.8. The molecular weight excluding hydrogens is 276 g/mol. The van der Waals surface area contributed by atoms with Crippen LogP contribution in [-0.4, -0.2) is 57.9 Å². The molecule has 1 amide bonds.